The number of rotatable bonds is 2. The standard InChI is InChI=1S/C12H14BrNO2/c1-2-5-14-7-9-6-10(13)3-4-11(9)16-8-12(14)15/h3-4,6H,2,5,7-8H2,1H3. The van der Waals surface area contributed by atoms with Crippen molar-refractivity contribution in [2.45, 2.75) is 19.9 Å². The van der Waals surface area contributed by atoms with Crippen molar-refractivity contribution >= 4 is 21.8 Å². The maximum absolute atomic E-state index is 11.7. The number of amides is 1. The smallest absolute Gasteiger partial charge is 0.260 e. The van der Waals surface area contributed by atoms with Crippen molar-refractivity contribution in [3.8, 4) is 5.75 Å². The first-order chi connectivity index (χ1) is 7.70. The zero-order valence-electron chi connectivity index (χ0n) is 9.20. The van der Waals surface area contributed by atoms with Gasteiger partial charge in [0.2, 0.25) is 0 Å². The first kappa shape index (κ1) is 11.5. The van der Waals surface area contributed by atoms with Gasteiger partial charge in [-0.05, 0) is 24.6 Å². The summed E-state index contributed by atoms with van der Waals surface area (Å²) in [5.41, 5.74) is 1.06. The largest absolute Gasteiger partial charge is 0.483 e. The normalized spacial score (nSPS) is 15.4. The molecule has 1 aromatic rings. The Morgan fingerprint density at radius 1 is 1.50 bits per heavy atom. The minimum absolute atomic E-state index is 0.0640. The van der Waals surface area contributed by atoms with Gasteiger partial charge in [0.15, 0.2) is 6.61 Å². The Morgan fingerprint density at radius 3 is 3.06 bits per heavy atom. The van der Waals surface area contributed by atoms with Crippen molar-refractivity contribution in [3.05, 3.63) is 28.2 Å². The van der Waals surface area contributed by atoms with Gasteiger partial charge in [-0.2, -0.15) is 0 Å². The molecule has 0 aliphatic carbocycles. The number of benzene rings is 1. The van der Waals surface area contributed by atoms with Crippen LogP contribution in [0.25, 0.3) is 0 Å². The van der Waals surface area contributed by atoms with Gasteiger partial charge in [-0.1, -0.05) is 22.9 Å². The molecule has 0 spiro atoms. The van der Waals surface area contributed by atoms with E-state index in [1.165, 1.54) is 0 Å². The van der Waals surface area contributed by atoms with Crippen molar-refractivity contribution in [3.63, 3.8) is 0 Å². The molecule has 0 atom stereocenters. The minimum Gasteiger partial charge on any atom is -0.483 e. The van der Waals surface area contributed by atoms with Crippen LogP contribution in [0.15, 0.2) is 22.7 Å². The summed E-state index contributed by atoms with van der Waals surface area (Å²) in [4.78, 5) is 13.6. The van der Waals surface area contributed by atoms with E-state index >= 15 is 0 Å². The van der Waals surface area contributed by atoms with Crippen LogP contribution in [0.1, 0.15) is 18.9 Å². The van der Waals surface area contributed by atoms with Gasteiger partial charge in [0.1, 0.15) is 5.75 Å². The molecule has 1 aliphatic rings. The van der Waals surface area contributed by atoms with E-state index in [9.17, 15) is 4.79 Å². The molecular weight excluding hydrogens is 270 g/mol. The van der Waals surface area contributed by atoms with Crippen LogP contribution in [0.4, 0.5) is 0 Å². The maximum Gasteiger partial charge on any atom is 0.260 e. The Morgan fingerprint density at radius 2 is 2.31 bits per heavy atom. The molecule has 0 N–H and O–H groups in total. The van der Waals surface area contributed by atoms with Gasteiger partial charge in [-0.25, -0.2) is 0 Å². The Kier molecular flexibility index (Phi) is 3.49. The summed E-state index contributed by atoms with van der Waals surface area (Å²) in [7, 11) is 0. The molecule has 16 heavy (non-hydrogen) atoms. The molecule has 0 radical (unpaired) electrons. The molecule has 4 heteroatoms. The fraction of sp³-hybridized carbons (Fsp3) is 0.417. The number of nitrogens with zero attached hydrogens (tertiary/aromatic N) is 1. The highest BCUT2D eigenvalue weighted by Gasteiger charge is 2.20. The molecule has 0 saturated heterocycles. The molecular formula is C12H14BrNO2. The summed E-state index contributed by atoms with van der Waals surface area (Å²) < 4.78 is 6.49. The maximum atomic E-state index is 11.7. The number of hydrogen-bond acceptors (Lipinski definition) is 2. The van der Waals surface area contributed by atoms with Crippen molar-refractivity contribution in [1.29, 1.82) is 0 Å². The summed E-state index contributed by atoms with van der Waals surface area (Å²) in [6.07, 6.45) is 0.967. The van der Waals surface area contributed by atoms with Crippen LogP contribution in [0.5, 0.6) is 5.75 Å². The van der Waals surface area contributed by atoms with Gasteiger partial charge in [0, 0.05) is 23.1 Å². The number of halogens is 1. The number of carbonyl (C=O) groups excluding carboxylic acids is 1. The van der Waals surface area contributed by atoms with Crippen LogP contribution in [0.2, 0.25) is 0 Å². The molecule has 1 heterocycles. The molecule has 1 amide bonds. The third-order valence-electron chi connectivity index (χ3n) is 2.58. The Balaban J connectivity index is 2.28. The third-order valence-corrected chi connectivity index (χ3v) is 3.07. The van der Waals surface area contributed by atoms with E-state index in [0.717, 1.165) is 28.8 Å². The third kappa shape index (κ3) is 2.38. The van der Waals surface area contributed by atoms with Crippen LogP contribution in [0.3, 0.4) is 0 Å². The molecule has 0 fully saturated rings. The topological polar surface area (TPSA) is 29.5 Å². The van der Waals surface area contributed by atoms with Crippen LogP contribution in [0, 0.1) is 0 Å². The van der Waals surface area contributed by atoms with Gasteiger partial charge >= 0.3 is 0 Å². The summed E-state index contributed by atoms with van der Waals surface area (Å²) in [6.45, 7) is 3.64. The van der Waals surface area contributed by atoms with Gasteiger partial charge < -0.3 is 9.64 Å². The molecule has 2 rings (SSSR count). The lowest BCUT2D eigenvalue weighted by atomic mass is 10.2. The van der Waals surface area contributed by atoms with Crippen molar-refractivity contribution < 1.29 is 9.53 Å². The van der Waals surface area contributed by atoms with Crippen molar-refractivity contribution in [2.75, 3.05) is 13.2 Å². The van der Waals surface area contributed by atoms with E-state index in [2.05, 4.69) is 22.9 Å². The molecule has 1 aromatic carbocycles. The highest BCUT2D eigenvalue weighted by Crippen LogP contribution is 2.26. The van der Waals surface area contributed by atoms with Crippen LogP contribution in [-0.2, 0) is 11.3 Å². The quantitative estimate of drug-likeness (QED) is 0.835. The number of carbonyl (C=O) groups is 1. The molecule has 0 saturated carbocycles. The Hall–Kier alpha value is -1.03. The van der Waals surface area contributed by atoms with E-state index < -0.39 is 0 Å². The molecule has 86 valence electrons. The summed E-state index contributed by atoms with van der Waals surface area (Å²) in [5, 5.41) is 0. The van der Waals surface area contributed by atoms with Gasteiger partial charge in [-0.3, -0.25) is 4.79 Å². The zero-order chi connectivity index (χ0) is 11.5. The van der Waals surface area contributed by atoms with Gasteiger partial charge in [0.25, 0.3) is 5.91 Å². The van der Waals surface area contributed by atoms with E-state index in [-0.39, 0.29) is 12.5 Å². The second-order valence-electron chi connectivity index (χ2n) is 3.86. The van der Waals surface area contributed by atoms with Crippen molar-refractivity contribution in [1.82, 2.24) is 4.90 Å². The Labute approximate surface area is 104 Å². The van der Waals surface area contributed by atoms with Crippen LogP contribution >= 0.6 is 15.9 Å². The first-order valence-corrected chi connectivity index (χ1v) is 6.19. The summed E-state index contributed by atoms with van der Waals surface area (Å²) in [6, 6.07) is 5.84. The molecule has 0 aromatic heterocycles. The average Bonchev–Trinajstić information content (AvgIpc) is 2.40. The second-order valence-corrected chi connectivity index (χ2v) is 4.77. The predicted octanol–water partition coefficient (Wildman–Crippen LogP) is 2.58. The summed E-state index contributed by atoms with van der Waals surface area (Å²) >= 11 is 3.43. The molecule has 1 aliphatic heterocycles. The lowest BCUT2D eigenvalue weighted by Crippen LogP contribution is -2.32. The van der Waals surface area contributed by atoms with E-state index in [1.54, 1.807) is 0 Å². The first-order valence-electron chi connectivity index (χ1n) is 5.39. The lowest BCUT2D eigenvalue weighted by molar-refractivity contribution is -0.133. The highest BCUT2D eigenvalue weighted by molar-refractivity contribution is 9.10. The molecule has 0 bridgehead atoms. The number of fused-ring (bicyclic) bond motifs is 1. The second kappa shape index (κ2) is 4.87. The predicted molar refractivity (Wildman–Crippen MR) is 65.3 cm³/mol. The van der Waals surface area contributed by atoms with Gasteiger partial charge in [0.05, 0.1) is 0 Å². The van der Waals surface area contributed by atoms with E-state index in [1.807, 2.05) is 23.1 Å². The van der Waals surface area contributed by atoms with E-state index in [4.69, 9.17) is 4.74 Å². The SMILES string of the molecule is CCCN1Cc2cc(Br)ccc2OCC1=O. The number of hydrogen-bond donors (Lipinski definition) is 0. The monoisotopic (exact) mass is 283 g/mol. The van der Waals surface area contributed by atoms with Crippen LogP contribution in [-0.4, -0.2) is 24.0 Å². The Bertz CT molecular complexity index is 406. The fourth-order valence-corrected chi connectivity index (χ4v) is 2.22. The van der Waals surface area contributed by atoms with E-state index in [0.29, 0.717) is 6.54 Å². The fourth-order valence-electron chi connectivity index (χ4n) is 1.81. The lowest BCUT2D eigenvalue weighted by Gasteiger charge is -2.18. The van der Waals surface area contributed by atoms with Gasteiger partial charge in [-0.15, -0.1) is 0 Å². The zero-order valence-corrected chi connectivity index (χ0v) is 10.8. The highest BCUT2D eigenvalue weighted by atomic mass is 79.9. The minimum atomic E-state index is 0.0640. The number of ether oxygens (including phenoxy) is 1. The average molecular weight is 284 g/mol. The molecule has 3 nitrogen and oxygen atoms in total. The summed E-state index contributed by atoms with van der Waals surface area (Å²) in [5.74, 6) is 0.879. The molecule has 0 unspecified atom stereocenters. The van der Waals surface area contributed by atoms with Crippen molar-refractivity contribution in [2.24, 2.45) is 0 Å². The van der Waals surface area contributed by atoms with Crippen LogP contribution < -0.4 is 4.74 Å².